The van der Waals surface area contributed by atoms with Crippen LogP contribution in [0, 0.1) is 0 Å². The van der Waals surface area contributed by atoms with Crippen LogP contribution in [0.15, 0.2) is 48.5 Å². The number of rotatable bonds is 8. The van der Waals surface area contributed by atoms with E-state index in [9.17, 15) is 9.90 Å². The van der Waals surface area contributed by atoms with Crippen molar-refractivity contribution in [2.24, 2.45) is 0 Å². The summed E-state index contributed by atoms with van der Waals surface area (Å²) in [6.07, 6.45) is 0. The lowest BCUT2D eigenvalue weighted by Gasteiger charge is -2.15. The van der Waals surface area contributed by atoms with Gasteiger partial charge in [-0.3, -0.25) is 0 Å². The van der Waals surface area contributed by atoms with Gasteiger partial charge in [0.25, 0.3) is 0 Å². The summed E-state index contributed by atoms with van der Waals surface area (Å²) >= 11 is 1.14. The summed E-state index contributed by atoms with van der Waals surface area (Å²) in [4.78, 5) is 12.8. The van der Waals surface area contributed by atoms with Gasteiger partial charge in [-0.15, -0.1) is 0 Å². The van der Waals surface area contributed by atoms with E-state index in [0.29, 0.717) is 45.0 Å². The highest BCUT2D eigenvalue weighted by Gasteiger charge is 2.30. The standard InChI is InChI=1S/C26H23N3O6S/c1-32-16-8-6-15(7-9-16)21-22-19(12-20(33-2)24(34-3)25(22)35-4)29(23(21)26(30)31)13-14-5-10-17-18(11-14)28-36-27-17/h5-12H,13H2,1-4H3,(H,30,31). The molecular weight excluding hydrogens is 482 g/mol. The molecule has 0 atom stereocenters. The topological polar surface area (TPSA) is 105 Å². The minimum absolute atomic E-state index is 0.111. The molecule has 1 N–H and O–H groups in total. The number of carboxylic acid groups (broad SMARTS) is 1. The molecule has 9 nitrogen and oxygen atoms in total. The fourth-order valence-corrected chi connectivity index (χ4v) is 5.02. The summed E-state index contributed by atoms with van der Waals surface area (Å²) in [5.74, 6) is 0.784. The van der Waals surface area contributed by atoms with E-state index in [2.05, 4.69) is 8.75 Å². The highest BCUT2D eigenvalue weighted by Crippen LogP contribution is 2.49. The number of carboxylic acids is 1. The Morgan fingerprint density at radius 2 is 1.61 bits per heavy atom. The van der Waals surface area contributed by atoms with Crippen LogP contribution in [0.2, 0.25) is 0 Å². The Morgan fingerprint density at radius 3 is 2.25 bits per heavy atom. The number of carbonyl (C=O) groups is 1. The van der Waals surface area contributed by atoms with Gasteiger partial charge in [-0.2, -0.15) is 8.75 Å². The zero-order valence-corrected chi connectivity index (χ0v) is 20.9. The van der Waals surface area contributed by atoms with Crippen LogP contribution < -0.4 is 18.9 Å². The van der Waals surface area contributed by atoms with Crippen molar-refractivity contribution in [1.29, 1.82) is 0 Å². The molecule has 184 valence electrons. The molecule has 2 aromatic heterocycles. The Kier molecular flexibility index (Phi) is 6.11. The van der Waals surface area contributed by atoms with Gasteiger partial charge in [0.1, 0.15) is 22.5 Å². The number of nitrogens with zero attached hydrogens (tertiary/aromatic N) is 3. The summed E-state index contributed by atoms with van der Waals surface area (Å²) in [5.41, 5.74) is 4.38. The molecule has 5 rings (SSSR count). The van der Waals surface area contributed by atoms with Gasteiger partial charge in [0.2, 0.25) is 5.75 Å². The van der Waals surface area contributed by atoms with Crippen molar-refractivity contribution in [1.82, 2.24) is 13.3 Å². The van der Waals surface area contributed by atoms with Gasteiger partial charge in [0.15, 0.2) is 11.5 Å². The number of aromatic carboxylic acids is 1. The number of fused-ring (bicyclic) bond motifs is 2. The molecule has 2 heterocycles. The zero-order chi connectivity index (χ0) is 25.4. The average molecular weight is 506 g/mol. The third-order valence-corrected chi connectivity index (χ3v) is 6.65. The van der Waals surface area contributed by atoms with Gasteiger partial charge in [0, 0.05) is 18.2 Å². The van der Waals surface area contributed by atoms with Crippen molar-refractivity contribution in [3.63, 3.8) is 0 Å². The first-order valence-corrected chi connectivity index (χ1v) is 11.7. The van der Waals surface area contributed by atoms with E-state index in [0.717, 1.165) is 28.3 Å². The second-order valence-electron chi connectivity index (χ2n) is 7.97. The van der Waals surface area contributed by atoms with Crippen molar-refractivity contribution >= 4 is 39.6 Å². The first-order chi connectivity index (χ1) is 17.5. The molecule has 0 radical (unpaired) electrons. The first kappa shape index (κ1) is 23.4. The van der Waals surface area contributed by atoms with Gasteiger partial charge in [-0.25, -0.2) is 4.79 Å². The number of benzene rings is 3. The second-order valence-corrected chi connectivity index (χ2v) is 8.50. The Balaban J connectivity index is 1.86. The number of hydrogen-bond acceptors (Lipinski definition) is 8. The van der Waals surface area contributed by atoms with E-state index in [1.165, 1.54) is 21.3 Å². The molecule has 0 unspecified atom stereocenters. The van der Waals surface area contributed by atoms with Crippen LogP contribution in [-0.4, -0.2) is 52.8 Å². The molecule has 3 aromatic carbocycles. The fraction of sp³-hybridized carbons (Fsp3) is 0.192. The fourth-order valence-electron chi connectivity index (χ4n) is 4.51. The molecule has 0 saturated carbocycles. The first-order valence-electron chi connectivity index (χ1n) is 10.9. The van der Waals surface area contributed by atoms with E-state index in [1.54, 1.807) is 29.9 Å². The van der Waals surface area contributed by atoms with Crippen LogP contribution in [0.3, 0.4) is 0 Å². The number of ether oxygens (including phenoxy) is 4. The van der Waals surface area contributed by atoms with E-state index in [-0.39, 0.29) is 12.2 Å². The van der Waals surface area contributed by atoms with E-state index >= 15 is 0 Å². The van der Waals surface area contributed by atoms with Crippen LogP contribution in [0.4, 0.5) is 0 Å². The minimum atomic E-state index is -1.08. The summed E-state index contributed by atoms with van der Waals surface area (Å²) in [5, 5.41) is 11.1. The number of hydrogen-bond donors (Lipinski definition) is 1. The summed E-state index contributed by atoms with van der Waals surface area (Å²) < 4.78 is 32.6. The molecule has 5 aromatic rings. The number of aromatic nitrogens is 3. The van der Waals surface area contributed by atoms with Crippen LogP contribution in [-0.2, 0) is 6.54 Å². The molecule has 0 aliphatic heterocycles. The summed E-state index contributed by atoms with van der Waals surface area (Å²) in [6, 6.07) is 14.7. The van der Waals surface area contributed by atoms with E-state index < -0.39 is 5.97 Å². The van der Waals surface area contributed by atoms with Crippen LogP contribution in [0.5, 0.6) is 23.0 Å². The van der Waals surface area contributed by atoms with Gasteiger partial charge < -0.3 is 28.6 Å². The molecular formula is C26H23N3O6S. The van der Waals surface area contributed by atoms with Crippen molar-refractivity contribution in [3.8, 4) is 34.1 Å². The summed E-state index contributed by atoms with van der Waals surface area (Å²) in [7, 11) is 6.15. The average Bonchev–Trinajstić information content (AvgIpc) is 3.49. The zero-order valence-electron chi connectivity index (χ0n) is 20.1. The summed E-state index contributed by atoms with van der Waals surface area (Å²) in [6.45, 7) is 0.278. The van der Waals surface area contributed by atoms with Gasteiger partial charge in [-0.1, -0.05) is 18.2 Å². The van der Waals surface area contributed by atoms with Crippen molar-refractivity contribution in [3.05, 3.63) is 59.8 Å². The van der Waals surface area contributed by atoms with Gasteiger partial charge in [0.05, 0.1) is 51.1 Å². The largest absolute Gasteiger partial charge is 0.497 e. The molecule has 0 bridgehead atoms. The second kappa shape index (κ2) is 9.38. The quantitative estimate of drug-likeness (QED) is 0.311. The van der Waals surface area contributed by atoms with Crippen LogP contribution >= 0.6 is 11.7 Å². The molecule has 0 fully saturated rings. The number of methoxy groups -OCH3 is 4. The predicted molar refractivity (Wildman–Crippen MR) is 137 cm³/mol. The van der Waals surface area contributed by atoms with Gasteiger partial charge >= 0.3 is 5.97 Å². The van der Waals surface area contributed by atoms with Crippen LogP contribution in [0.1, 0.15) is 16.1 Å². The lowest BCUT2D eigenvalue weighted by Crippen LogP contribution is -2.10. The van der Waals surface area contributed by atoms with Gasteiger partial charge in [-0.05, 0) is 35.4 Å². The van der Waals surface area contributed by atoms with E-state index in [4.69, 9.17) is 18.9 Å². The van der Waals surface area contributed by atoms with Crippen LogP contribution in [0.25, 0.3) is 33.1 Å². The monoisotopic (exact) mass is 505 g/mol. The minimum Gasteiger partial charge on any atom is -0.497 e. The molecule has 0 spiro atoms. The highest BCUT2D eigenvalue weighted by atomic mass is 32.1. The SMILES string of the molecule is COc1ccc(-c2c(C(=O)O)n(Cc3ccc4nsnc4c3)c3cc(OC)c(OC)c(OC)c23)cc1. The van der Waals surface area contributed by atoms with Crippen molar-refractivity contribution in [2.75, 3.05) is 28.4 Å². The maximum Gasteiger partial charge on any atom is 0.353 e. The Labute approximate surface area is 210 Å². The Bertz CT molecular complexity index is 1590. The molecule has 10 heteroatoms. The molecule has 0 amide bonds. The lowest BCUT2D eigenvalue weighted by atomic mass is 10.0. The molecule has 0 aliphatic carbocycles. The molecule has 0 saturated heterocycles. The maximum absolute atomic E-state index is 12.8. The molecule has 0 aliphatic rings. The molecule has 36 heavy (non-hydrogen) atoms. The third-order valence-electron chi connectivity index (χ3n) is 6.10. The van der Waals surface area contributed by atoms with Crippen molar-refractivity contribution < 1.29 is 28.8 Å². The van der Waals surface area contributed by atoms with Crippen molar-refractivity contribution in [2.45, 2.75) is 6.54 Å². The maximum atomic E-state index is 12.8. The highest BCUT2D eigenvalue weighted by molar-refractivity contribution is 7.00. The normalized spacial score (nSPS) is 11.1. The third kappa shape index (κ3) is 3.75. The Morgan fingerprint density at radius 1 is 0.889 bits per heavy atom. The Hall–Kier alpha value is -4.31. The lowest BCUT2D eigenvalue weighted by molar-refractivity contribution is 0.0687. The predicted octanol–water partition coefficient (Wildman–Crippen LogP) is 5.09. The van der Waals surface area contributed by atoms with E-state index in [1.807, 2.05) is 30.3 Å². The smallest absolute Gasteiger partial charge is 0.353 e.